The molecule has 18 heavy (non-hydrogen) atoms. The highest BCUT2D eigenvalue weighted by molar-refractivity contribution is 7.80. The molecule has 1 saturated carbocycles. The molecule has 0 saturated heterocycles. The fraction of sp³-hybridized carbons (Fsp3) is 1.00. The van der Waals surface area contributed by atoms with Gasteiger partial charge >= 0.3 is 0 Å². The summed E-state index contributed by atoms with van der Waals surface area (Å²) in [5, 5.41) is 0. The van der Waals surface area contributed by atoms with E-state index in [0.29, 0.717) is 6.10 Å². The Morgan fingerprint density at radius 2 is 1.89 bits per heavy atom. The summed E-state index contributed by atoms with van der Waals surface area (Å²) in [4.78, 5) is 0. The van der Waals surface area contributed by atoms with Crippen LogP contribution in [0.5, 0.6) is 0 Å². The predicted molar refractivity (Wildman–Crippen MR) is 83.3 cm³/mol. The molecule has 4 atom stereocenters. The van der Waals surface area contributed by atoms with E-state index in [-0.39, 0.29) is 0 Å². The van der Waals surface area contributed by atoms with Crippen LogP contribution in [0.1, 0.15) is 59.8 Å². The molecule has 0 radical (unpaired) electrons. The second kappa shape index (κ2) is 8.47. The predicted octanol–water partition coefficient (Wildman–Crippen LogP) is 4.81. The minimum Gasteiger partial charge on any atom is -0.378 e. The summed E-state index contributed by atoms with van der Waals surface area (Å²) in [5.41, 5.74) is 0. The zero-order valence-electron chi connectivity index (χ0n) is 12.7. The van der Waals surface area contributed by atoms with Crippen molar-refractivity contribution in [1.29, 1.82) is 0 Å². The number of hydrogen-bond donors (Lipinski definition) is 1. The molecule has 0 spiro atoms. The molecule has 0 aromatic carbocycles. The first kappa shape index (κ1) is 16.4. The van der Waals surface area contributed by atoms with E-state index in [1.807, 2.05) is 0 Å². The van der Waals surface area contributed by atoms with Crippen molar-refractivity contribution in [2.75, 3.05) is 12.4 Å². The molecule has 1 nitrogen and oxygen atoms in total. The van der Waals surface area contributed by atoms with Gasteiger partial charge in [-0.3, -0.25) is 0 Å². The zero-order chi connectivity index (χ0) is 13.5. The highest BCUT2D eigenvalue weighted by atomic mass is 32.1. The summed E-state index contributed by atoms with van der Waals surface area (Å²) in [6.07, 6.45) is 6.92. The van der Waals surface area contributed by atoms with Gasteiger partial charge in [0, 0.05) is 6.61 Å². The normalized spacial score (nSPS) is 30.7. The molecule has 0 amide bonds. The second-order valence-electron chi connectivity index (χ2n) is 6.64. The summed E-state index contributed by atoms with van der Waals surface area (Å²) in [7, 11) is 0. The fourth-order valence-corrected chi connectivity index (χ4v) is 3.53. The van der Waals surface area contributed by atoms with E-state index >= 15 is 0 Å². The second-order valence-corrected chi connectivity index (χ2v) is 7.09. The minimum atomic E-state index is 0.511. The molecule has 1 aliphatic carbocycles. The van der Waals surface area contributed by atoms with Crippen LogP contribution in [-0.2, 0) is 4.74 Å². The number of rotatable bonds is 7. The van der Waals surface area contributed by atoms with Crippen LogP contribution in [0.15, 0.2) is 0 Å². The monoisotopic (exact) mass is 272 g/mol. The zero-order valence-corrected chi connectivity index (χ0v) is 13.6. The van der Waals surface area contributed by atoms with Gasteiger partial charge in [0.05, 0.1) is 6.10 Å². The van der Waals surface area contributed by atoms with E-state index < -0.39 is 0 Å². The molecule has 2 heteroatoms. The van der Waals surface area contributed by atoms with Crippen molar-refractivity contribution in [3.8, 4) is 0 Å². The average molecular weight is 272 g/mol. The van der Waals surface area contributed by atoms with E-state index in [1.165, 1.54) is 32.1 Å². The van der Waals surface area contributed by atoms with E-state index in [4.69, 9.17) is 4.74 Å². The Bertz CT molecular complexity index is 217. The van der Waals surface area contributed by atoms with Crippen LogP contribution in [0.4, 0.5) is 0 Å². The van der Waals surface area contributed by atoms with E-state index in [2.05, 4.69) is 40.3 Å². The van der Waals surface area contributed by atoms with Gasteiger partial charge in [-0.15, -0.1) is 0 Å². The van der Waals surface area contributed by atoms with Crippen LogP contribution in [-0.4, -0.2) is 18.5 Å². The van der Waals surface area contributed by atoms with Gasteiger partial charge in [0.25, 0.3) is 0 Å². The van der Waals surface area contributed by atoms with Crippen molar-refractivity contribution in [3.05, 3.63) is 0 Å². The van der Waals surface area contributed by atoms with Crippen LogP contribution >= 0.6 is 12.6 Å². The lowest BCUT2D eigenvalue weighted by atomic mass is 9.75. The molecule has 0 heterocycles. The Labute approximate surface area is 119 Å². The molecule has 4 unspecified atom stereocenters. The summed E-state index contributed by atoms with van der Waals surface area (Å²) >= 11 is 4.30. The lowest BCUT2D eigenvalue weighted by Crippen LogP contribution is -2.34. The summed E-state index contributed by atoms with van der Waals surface area (Å²) in [6, 6.07) is 0. The molecular formula is C16H32OS. The van der Waals surface area contributed by atoms with E-state index in [0.717, 1.165) is 36.0 Å². The van der Waals surface area contributed by atoms with Gasteiger partial charge in [-0.25, -0.2) is 0 Å². The Kier molecular flexibility index (Phi) is 7.70. The highest BCUT2D eigenvalue weighted by Crippen LogP contribution is 2.35. The van der Waals surface area contributed by atoms with E-state index in [9.17, 15) is 0 Å². The Morgan fingerprint density at radius 3 is 2.50 bits per heavy atom. The third-order valence-corrected chi connectivity index (χ3v) is 4.78. The SMILES string of the molecule is CC(CCS)CCOC1CC(C)CCC1C(C)C. The van der Waals surface area contributed by atoms with Crippen molar-refractivity contribution < 1.29 is 4.74 Å². The smallest absolute Gasteiger partial charge is 0.0608 e. The summed E-state index contributed by atoms with van der Waals surface area (Å²) in [5.74, 6) is 4.13. The highest BCUT2D eigenvalue weighted by Gasteiger charge is 2.31. The van der Waals surface area contributed by atoms with Gasteiger partial charge in [-0.1, -0.05) is 34.1 Å². The topological polar surface area (TPSA) is 9.23 Å². The largest absolute Gasteiger partial charge is 0.378 e. The minimum absolute atomic E-state index is 0.511. The molecule has 0 aromatic rings. The summed E-state index contributed by atoms with van der Waals surface area (Å²) < 4.78 is 6.22. The van der Waals surface area contributed by atoms with Crippen LogP contribution in [0.3, 0.4) is 0 Å². The van der Waals surface area contributed by atoms with Crippen molar-refractivity contribution >= 4 is 12.6 Å². The Balaban J connectivity index is 2.32. The molecule has 0 N–H and O–H groups in total. The van der Waals surface area contributed by atoms with Crippen molar-refractivity contribution in [2.45, 2.75) is 65.9 Å². The van der Waals surface area contributed by atoms with Gasteiger partial charge < -0.3 is 4.74 Å². The van der Waals surface area contributed by atoms with Gasteiger partial charge in [0.15, 0.2) is 0 Å². The third kappa shape index (κ3) is 5.52. The third-order valence-electron chi connectivity index (χ3n) is 4.53. The quantitative estimate of drug-likeness (QED) is 0.654. The first-order chi connectivity index (χ1) is 8.54. The van der Waals surface area contributed by atoms with Crippen LogP contribution in [0.2, 0.25) is 0 Å². The lowest BCUT2D eigenvalue weighted by Gasteiger charge is -2.37. The maximum Gasteiger partial charge on any atom is 0.0608 e. The van der Waals surface area contributed by atoms with Crippen molar-refractivity contribution in [2.24, 2.45) is 23.7 Å². The Hall–Kier alpha value is 0.310. The first-order valence-electron chi connectivity index (χ1n) is 7.77. The molecule has 1 aliphatic rings. The molecule has 0 aromatic heterocycles. The van der Waals surface area contributed by atoms with E-state index in [1.54, 1.807) is 0 Å². The number of thiol groups is 1. The van der Waals surface area contributed by atoms with Crippen molar-refractivity contribution in [1.82, 2.24) is 0 Å². The first-order valence-corrected chi connectivity index (χ1v) is 8.40. The van der Waals surface area contributed by atoms with Crippen LogP contribution < -0.4 is 0 Å². The number of hydrogen-bond acceptors (Lipinski definition) is 2. The molecule has 1 rings (SSSR count). The van der Waals surface area contributed by atoms with Crippen molar-refractivity contribution in [3.63, 3.8) is 0 Å². The maximum absolute atomic E-state index is 6.22. The average Bonchev–Trinajstić information content (AvgIpc) is 2.29. The van der Waals surface area contributed by atoms with Crippen LogP contribution in [0.25, 0.3) is 0 Å². The maximum atomic E-state index is 6.22. The van der Waals surface area contributed by atoms with Crippen LogP contribution in [0, 0.1) is 23.7 Å². The summed E-state index contributed by atoms with van der Waals surface area (Å²) in [6.45, 7) is 10.3. The molecule has 0 aliphatic heterocycles. The van der Waals surface area contributed by atoms with Gasteiger partial charge in [-0.05, 0) is 55.1 Å². The molecule has 0 bridgehead atoms. The van der Waals surface area contributed by atoms with Gasteiger partial charge in [-0.2, -0.15) is 12.6 Å². The molecule has 1 fully saturated rings. The van der Waals surface area contributed by atoms with Gasteiger partial charge in [0.1, 0.15) is 0 Å². The lowest BCUT2D eigenvalue weighted by molar-refractivity contribution is -0.0419. The Morgan fingerprint density at radius 1 is 1.17 bits per heavy atom. The number of ether oxygens (including phenoxy) is 1. The standard InChI is InChI=1S/C16H32OS/c1-12(2)15-6-5-14(4)11-16(15)17-9-7-13(3)8-10-18/h12-16,18H,5-11H2,1-4H3. The fourth-order valence-electron chi connectivity index (χ4n) is 3.09. The molecule has 108 valence electrons. The molecular weight excluding hydrogens is 240 g/mol. The van der Waals surface area contributed by atoms with Gasteiger partial charge in [0.2, 0.25) is 0 Å².